The van der Waals surface area contributed by atoms with Crippen molar-refractivity contribution < 1.29 is 19.8 Å². The zero-order chi connectivity index (χ0) is 17.7. The maximum atomic E-state index is 11.0. The Morgan fingerprint density at radius 3 is 1.50 bits per heavy atom. The van der Waals surface area contributed by atoms with Crippen LogP contribution in [0.3, 0.4) is 0 Å². The third-order valence-electron chi connectivity index (χ3n) is 2.21. The number of hydrogen-bond acceptors (Lipinski definition) is 3. The van der Waals surface area contributed by atoms with Gasteiger partial charge >= 0.3 is 91.1 Å². The molecule has 1 rings (SSSR count). The van der Waals surface area contributed by atoms with Gasteiger partial charge in [-0.2, -0.15) is 12.8 Å². The van der Waals surface area contributed by atoms with Crippen LogP contribution in [0, 0.1) is 13.8 Å². The molecule has 0 spiro atoms. The number of aromatic nitrogens is 1. The first-order valence-electron chi connectivity index (χ1n) is 6.85. The van der Waals surface area contributed by atoms with Gasteiger partial charge in [0, 0.05) is 0 Å². The topological polar surface area (TPSA) is 102 Å². The number of carbonyl (C=O) groups excluding carboxylic acids is 2. The van der Waals surface area contributed by atoms with Crippen LogP contribution in [0.2, 0.25) is 0 Å². The zero-order valence-electron chi connectivity index (χ0n) is 13.1. The summed E-state index contributed by atoms with van der Waals surface area (Å²) in [6, 6.07) is 1.97. The van der Waals surface area contributed by atoms with Crippen LogP contribution in [0.25, 0.3) is 0 Å². The van der Waals surface area contributed by atoms with Crippen molar-refractivity contribution in [1.82, 2.24) is 2.79 Å². The largest absolute Gasteiger partial charge is 0.343 e. The van der Waals surface area contributed by atoms with Gasteiger partial charge in [-0.25, -0.2) is 0 Å². The van der Waals surface area contributed by atoms with E-state index in [1.54, 1.807) is 0 Å². The van der Waals surface area contributed by atoms with Crippen molar-refractivity contribution >= 4 is 34.7 Å². The van der Waals surface area contributed by atoms with Crippen LogP contribution >= 0.6 is 0 Å². The van der Waals surface area contributed by atoms with Gasteiger partial charge in [-0.1, -0.05) is 26.7 Å². The summed E-state index contributed by atoms with van der Waals surface area (Å²) in [6.45, 7) is 11.4. The van der Waals surface area contributed by atoms with Gasteiger partial charge in [0.25, 0.3) is 0 Å². The maximum absolute atomic E-state index is 11.0. The standard InChI is InChI=1S/C7H5NO5.2C4H9.Sn/c9-3-1-4(6(10)11)8-5(2-3)7(12)13;2*1-3-4-2;/h1-2H,(H3,8,9,10,11,12,13);2*1,3-4H2,2H3;/q;2*-1;+1/p+1. The van der Waals surface area contributed by atoms with Crippen molar-refractivity contribution in [2.45, 2.75) is 39.5 Å². The van der Waals surface area contributed by atoms with Gasteiger partial charge in [0.1, 0.15) is 0 Å². The van der Waals surface area contributed by atoms with Gasteiger partial charge in [0.2, 0.25) is 0 Å². The molecule has 0 saturated heterocycles. The Kier molecular flexibility index (Phi) is 13.9. The van der Waals surface area contributed by atoms with E-state index in [9.17, 15) is 14.4 Å². The average Bonchev–Trinajstić information content (AvgIpc) is 2.49. The molecule has 123 valence electrons. The third-order valence-corrected chi connectivity index (χ3v) is 3.59. The predicted molar refractivity (Wildman–Crippen MR) is 88.3 cm³/mol. The van der Waals surface area contributed by atoms with Crippen LogP contribution in [-0.2, 0) is 0 Å². The number of pyridine rings is 1. The molecule has 0 aliphatic rings. The Labute approximate surface area is 144 Å². The van der Waals surface area contributed by atoms with Crippen molar-refractivity contribution in [1.29, 1.82) is 0 Å². The van der Waals surface area contributed by atoms with Crippen LogP contribution in [-0.4, -0.2) is 47.7 Å². The summed E-state index contributed by atoms with van der Waals surface area (Å²) >= 11 is 0.648. The number of nitrogens with zero attached hydrogens (tertiary/aromatic N) is 1. The quantitative estimate of drug-likeness (QED) is 0.411. The van der Waals surface area contributed by atoms with E-state index in [-0.39, 0.29) is 11.4 Å². The fourth-order valence-electron chi connectivity index (χ4n) is 0.904. The Bertz CT molecular complexity index is 479. The van der Waals surface area contributed by atoms with Crippen molar-refractivity contribution in [3.05, 3.63) is 47.6 Å². The SMILES string of the molecule is O=C([OH2+])c1cc(=O)cc(C(=O)[OH2+])[n]1[Sn].[CH2-]CCC.[CH2-]CCC. The molecule has 4 N–H and O–H groups in total. The van der Waals surface area contributed by atoms with E-state index in [0.29, 0.717) is 22.8 Å². The van der Waals surface area contributed by atoms with E-state index in [4.69, 9.17) is 10.2 Å². The van der Waals surface area contributed by atoms with E-state index in [0.717, 1.165) is 27.8 Å². The van der Waals surface area contributed by atoms with E-state index in [2.05, 4.69) is 27.7 Å². The van der Waals surface area contributed by atoms with Crippen LogP contribution in [0.4, 0.5) is 0 Å². The van der Waals surface area contributed by atoms with Gasteiger partial charge in [0.15, 0.2) is 0 Å². The Hall–Kier alpha value is -1.31. The molecular weight excluding hydrogens is 393 g/mol. The van der Waals surface area contributed by atoms with Crippen molar-refractivity contribution in [2.75, 3.05) is 0 Å². The first kappa shape index (κ1) is 23.0. The smallest absolute Gasteiger partial charge is 0.0678 e. The monoisotopic (exact) mass is 418 g/mol. The predicted octanol–water partition coefficient (Wildman–Crippen LogP) is 0.751. The minimum atomic E-state index is -1.04. The first-order valence-corrected chi connectivity index (χ1v) is 8.13. The summed E-state index contributed by atoms with van der Waals surface area (Å²) in [6.07, 6.45) is 4.56. The van der Waals surface area contributed by atoms with Gasteiger partial charge in [0.05, 0.1) is 0 Å². The van der Waals surface area contributed by atoms with Crippen molar-refractivity contribution in [2.24, 2.45) is 0 Å². The molecule has 6 nitrogen and oxygen atoms in total. The van der Waals surface area contributed by atoms with E-state index in [1.165, 1.54) is 12.8 Å². The molecule has 0 fully saturated rings. The summed E-state index contributed by atoms with van der Waals surface area (Å²) in [4.78, 5) is 32.5. The van der Waals surface area contributed by atoms with Crippen molar-refractivity contribution in [3.63, 3.8) is 0 Å². The fraction of sp³-hybridized carbons (Fsp3) is 0.400. The van der Waals surface area contributed by atoms with E-state index in [1.807, 2.05) is 0 Å². The van der Waals surface area contributed by atoms with Gasteiger partial charge in [-0.15, -0.1) is 0 Å². The van der Waals surface area contributed by atoms with Gasteiger partial charge < -0.3 is 13.8 Å². The molecule has 1 heterocycles. The minimum Gasteiger partial charge on any atom is -0.343 e. The second-order valence-electron chi connectivity index (χ2n) is 4.16. The summed E-state index contributed by atoms with van der Waals surface area (Å²) in [5.41, 5.74) is -0.868. The molecule has 1 aromatic heterocycles. The Balaban J connectivity index is 0. The van der Waals surface area contributed by atoms with Gasteiger partial charge in [-0.05, 0) is 0 Å². The average molecular weight is 417 g/mol. The van der Waals surface area contributed by atoms with Crippen LogP contribution < -0.4 is 5.43 Å². The summed E-state index contributed by atoms with van der Waals surface area (Å²) in [7, 11) is 0. The number of unbranched alkanes of at least 4 members (excludes halogenated alkanes) is 2. The molecular formula is C15H24NO5Sn. The van der Waals surface area contributed by atoms with E-state index >= 15 is 0 Å². The summed E-state index contributed by atoms with van der Waals surface area (Å²) < 4.78 is 1.15. The molecule has 0 unspecified atom stereocenters. The molecule has 0 atom stereocenters. The second-order valence-corrected chi connectivity index (χ2v) is 5.44. The second kappa shape index (κ2) is 13.4. The molecule has 0 bridgehead atoms. The number of carbonyl (C=O) groups is 2. The van der Waals surface area contributed by atoms with Crippen LogP contribution in [0.15, 0.2) is 16.9 Å². The zero-order valence-corrected chi connectivity index (χ0v) is 15.9. The normalized spacial score (nSPS) is 8.95. The van der Waals surface area contributed by atoms with E-state index < -0.39 is 17.4 Å². The first-order chi connectivity index (χ1) is 10.3. The molecule has 0 amide bonds. The van der Waals surface area contributed by atoms with Crippen LogP contribution in [0.5, 0.6) is 0 Å². The molecule has 0 aromatic carbocycles. The third kappa shape index (κ3) is 9.59. The fourth-order valence-corrected chi connectivity index (χ4v) is 1.85. The molecule has 7 heteroatoms. The Morgan fingerprint density at radius 2 is 1.32 bits per heavy atom. The molecule has 0 aliphatic heterocycles. The van der Waals surface area contributed by atoms with Gasteiger partial charge in [-0.3, -0.25) is 0 Å². The van der Waals surface area contributed by atoms with Crippen LogP contribution in [0.1, 0.15) is 60.5 Å². The minimum absolute atomic E-state index is 0.161. The molecule has 0 aliphatic carbocycles. The Morgan fingerprint density at radius 1 is 1.05 bits per heavy atom. The number of hydrogen-bond donors (Lipinski definition) is 0. The summed E-state index contributed by atoms with van der Waals surface area (Å²) in [5.74, 6) is -2.08. The molecule has 3 radical (unpaired) electrons. The summed E-state index contributed by atoms with van der Waals surface area (Å²) in [5, 5.41) is 13.7. The molecule has 0 saturated carbocycles. The molecule has 1 aromatic rings. The van der Waals surface area contributed by atoms with Crippen molar-refractivity contribution in [3.8, 4) is 0 Å². The molecule has 22 heavy (non-hydrogen) atoms. The number of rotatable bonds is 4. The maximum Gasteiger partial charge on any atom is -0.0678 e.